The Morgan fingerprint density at radius 3 is 2.16 bits per heavy atom. The van der Waals surface area contributed by atoms with E-state index in [-0.39, 0.29) is 11.3 Å². The zero-order valence-electron chi connectivity index (χ0n) is 19.5. The molecule has 0 fully saturated rings. The van der Waals surface area contributed by atoms with Gasteiger partial charge in [0.05, 0.1) is 16.8 Å². The van der Waals surface area contributed by atoms with Crippen LogP contribution in [0.3, 0.4) is 0 Å². The molecule has 0 bridgehead atoms. The molecule has 0 radical (unpaired) electrons. The largest absolute Gasteiger partial charge is 0.451 e. The molecule has 1 aromatic heterocycles. The number of para-hydroxylation sites is 2. The fourth-order valence-corrected chi connectivity index (χ4v) is 4.67. The van der Waals surface area contributed by atoms with Crippen LogP contribution in [0.15, 0.2) is 124 Å². The van der Waals surface area contributed by atoms with Crippen LogP contribution in [0.2, 0.25) is 0 Å². The molecule has 0 unspecified atom stereocenters. The topological polar surface area (TPSA) is 90.3 Å². The number of anilines is 1. The van der Waals surface area contributed by atoms with Gasteiger partial charge in [-0.3, -0.25) is 9.59 Å². The first-order chi connectivity index (χ1) is 18.1. The van der Waals surface area contributed by atoms with E-state index < -0.39 is 18.5 Å². The van der Waals surface area contributed by atoms with Crippen LogP contribution in [0.1, 0.15) is 10.5 Å². The molecule has 5 aromatic rings. The highest BCUT2D eigenvalue weighted by Gasteiger charge is 2.20. The molecule has 0 aliphatic carbocycles. The van der Waals surface area contributed by atoms with Crippen LogP contribution < -0.4 is 10.9 Å². The number of nitrogens with one attached hydrogen (secondary N) is 1. The molecule has 0 spiro atoms. The summed E-state index contributed by atoms with van der Waals surface area (Å²) in [7, 11) is 0. The summed E-state index contributed by atoms with van der Waals surface area (Å²) in [6.07, 6.45) is 0. The van der Waals surface area contributed by atoms with Crippen LogP contribution in [0, 0.1) is 0 Å². The van der Waals surface area contributed by atoms with E-state index in [2.05, 4.69) is 10.4 Å². The number of hydrogen-bond donors (Lipinski definition) is 1. The van der Waals surface area contributed by atoms with Crippen molar-refractivity contribution in [2.24, 2.45) is 0 Å². The normalized spacial score (nSPS) is 10.7. The van der Waals surface area contributed by atoms with Gasteiger partial charge in [-0.05, 0) is 42.5 Å². The van der Waals surface area contributed by atoms with Crippen LogP contribution in [0.5, 0.6) is 0 Å². The molecule has 1 amide bonds. The molecule has 4 aromatic carbocycles. The number of fused-ring (bicyclic) bond motifs is 1. The minimum absolute atomic E-state index is 0.0492. The maximum atomic E-state index is 13.0. The molecule has 1 N–H and O–H groups in total. The molecule has 1 heterocycles. The molecule has 182 valence electrons. The lowest BCUT2D eigenvalue weighted by molar-refractivity contribution is -0.119. The van der Waals surface area contributed by atoms with Gasteiger partial charge in [0.1, 0.15) is 0 Å². The number of benzene rings is 4. The summed E-state index contributed by atoms with van der Waals surface area (Å²) in [4.78, 5) is 40.6. The molecule has 0 saturated carbocycles. The predicted molar refractivity (Wildman–Crippen MR) is 143 cm³/mol. The number of aromatic nitrogens is 2. The van der Waals surface area contributed by atoms with Gasteiger partial charge in [-0.25, -0.2) is 4.79 Å². The van der Waals surface area contributed by atoms with Crippen molar-refractivity contribution >= 4 is 40.1 Å². The first kappa shape index (κ1) is 24.0. The van der Waals surface area contributed by atoms with Crippen LogP contribution >= 0.6 is 11.8 Å². The quantitative estimate of drug-likeness (QED) is 0.300. The first-order valence-electron chi connectivity index (χ1n) is 11.5. The van der Waals surface area contributed by atoms with Gasteiger partial charge >= 0.3 is 5.97 Å². The zero-order valence-corrected chi connectivity index (χ0v) is 20.4. The smallest absolute Gasteiger partial charge is 0.359 e. The maximum Gasteiger partial charge on any atom is 0.359 e. The average Bonchev–Trinajstić information content (AvgIpc) is 2.94. The Hall–Kier alpha value is -4.69. The van der Waals surface area contributed by atoms with E-state index in [1.807, 2.05) is 54.6 Å². The number of hydrogen-bond acceptors (Lipinski definition) is 6. The Labute approximate surface area is 216 Å². The van der Waals surface area contributed by atoms with Gasteiger partial charge in [-0.2, -0.15) is 9.78 Å². The van der Waals surface area contributed by atoms with Crippen molar-refractivity contribution in [1.82, 2.24) is 9.78 Å². The Kier molecular flexibility index (Phi) is 7.09. The predicted octanol–water partition coefficient (Wildman–Crippen LogP) is 5.33. The molecule has 5 rings (SSSR count). The van der Waals surface area contributed by atoms with E-state index in [4.69, 9.17) is 4.74 Å². The third-order valence-electron chi connectivity index (χ3n) is 5.47. The molecule has 0 aliphatic heterocycles. The van der Waals surface area contributed by atoms with Crippen molar-refractivity contribution in [3.63, 3.8) is 0 Å². The third-order valence-corrected chi connectivity index (χ3v) is 6.55. The highest BCUT2D eigenvalue weighted by atomic mass is 32.2. The van der Waals surface area contributed by atoms with E-state index in [1.165, 1.54) is 11.8 Å². The number of rotatable bonds is 7. The second kappa shape index (κ2) is 10.9. The van der Waals surface area contributed by atoms with Gasteiger partial charge in [-0.1, -0.05) is 78.5 Å². The van der Waals surface area contributed by atoms with Crippen molar-refractivity contribution < 1.29 is 14.3 Å². The molecule has 0 atom stereocenters. The Morgan fingerprint density at radius 2 is 1.41 bits per heavy atom. The minimum atomic E-state index is -0.803. The maximum absolute atomic E-state index is 13.0. The summed E-state index contributed by atoms with van der Waals surface area (Å²) in [6.45, 7) is -0.510. The summed E-state index contributed by atoms with van der Waals surface area (Å²) in [6, 6.07) is 32.7. The van der Waals surface area contributed by atoms with Crippen LogP contribution in [0.25, 0.3) is 16.5 Å². The van der Waals surface area contributed by atoms with E-state index in [0.717, 1.165) is 14.5 Å². The summed E-state index contributed by atoms with van der Waals surface area (Å²) >= 11 is 1.51. The van der Waals surface area contributed by atoms with Crippen LogP contribution in [-0.4, -0.2) is 28.3 Å². The van der Waals surface area contributed by atoms with Gasteiger partial charge in [0, 0.05) is 15.2 Å². The lowest BCUT2D eigenvalue weighted by atomic mass is 10.1. The van der Waals surface area contributed by atoms with Crippen molar-refractivity contribution in [3.8, 4) is 5.69 Å². The molecular formula is C29H21N3O4S. The zero-order chi connectivity index (χ0) is 25.6. The van der Waals surface area contributed by atoms with Crippen LogP contribution in [-0.2, 0) is 9.53 Å². The monoisotopic (exact) mass is 507 g/mol. The minimum Gasteiger partial charge on any atom is -0.451 e. The van der Waals surface area contributed by atoms with E-state index >= 15 is 0 Å². The summed E-state index contributed by atoms with van der Waals surface area (Å²) in [5.74, 6) is -1.29. The third kappa shape index (κ3) is 5.44. The molecule has 7 nitrogen and oxygen atoms in total. The molecule has 0 saturated heterocycles. The van der Waals surface area contributed by atoms with Gasteiger partial charge in [-0.15, -0.1) is 0 Å². The number of nitrogens with zero attached hydrogens (tertiary/aromatic N) is 2. The fraction of sp³-hybridized carbons (Fsp3) is 0.0345. The molecule has 0 aliphatic rings. The van der Waals surface area contributed by atoms with Gasteiger partial charge in [0.25, 0.3) is 11.5 Å². The fourth-order valence-electron chi connectivity index (χ4n) is 3.74. The Morgan fingerprint density at radius 1 is 0.784 bits per heavy atom. The highest BCUT2D eigenvalue weighted by molar-refractivity contribution is 7.99. The second-order valence-electron chi connectivity index (χ2n) is 7.98. The van der Waals surface area contributed by atoms with E-state index in [1.54, 1.807) is 54.6 Å². The number of carbonyl (C=O) groups excluding carboxylic acids is 2. The van der Waals surface area contributed by atoms with Crippen molar-refractivity contribution in [1.29, 1.82) is 0 Å². The SMILES string of the molecule is O=C(COC(=O)c1nn(-c2ccccc2)c(=O)c2ccccc12)Nc1ccccc1Sc1ccccc1. The summed E-state index contributed by atoms with van der Waals surface area (Å²) < 4.78 is 6.49. The van der Waals surface area contributed by atoms with E-state index in [9.17, 15) is 14.4 Å². The lowest BCUT2D eigenvalue weighted by Crippen LogP contribution is -2.26. The van der Waals surface area contributed by atoms with Crippen molar-refractivity contribution in [2.45, 2.75) is 9.79 Å². The van der Waals surface area contributed by atoms with Gasteiger partial charge in [0.2, 0.25) is 0 Å². The molecule has 8 heteroatoms. The Bertz CT molecular complexity index is 1640. The highest BCUT2D eigenvalue weighted by Crippen LogP contribution is 2.33. The number of carbonyl (C=O) groups is 2. The molecule has 37 heavy (non-hydrogen) atoms. The first-order valence-corrected chi connectivity index (χ1v) is 12.3. The summed E-state index contributed by atoms with van der Waals surface area (Å²) in [5, 5.41) is 7.78. The number of ether oxygens (including phenoxy) is 1. The van der Waals surface area contributed by atoms with Crippen molar-refractivity contribution in [3.05, 3.63) is 125 Å². The second-order valence-corrected chi connectivity index (χ2v) is 9.10. The van der Waals surface area contributed by atoms with Crippen molar-refractivity contribution in [2.75, 3.05) is 11.9 Å². The average molecular weight is 508 g/mol. The molecular weight excluding hydrogens is 486 g/mol. The van der Waals surface area contributed by atoms with Gasteiger partial charge < -0.3 is 10.1 Å². The standard InChI is InChI=1S/C29H21N3O4S/c33-26(30-24-17-9-10-18-25(24)37-21-13-5-2-6-14-21)19-36-29(35)27-22-15-7-8-16-23(22)28(34)32(31-27)20-11-3-1-4-12-20/h1-18H,19H2,(H,30,33). The summed E-state index contributed by atoms with van der Waals surface area (Å²) in [5.41, 5.74) is 0.715. The lowest BCUT2D eigenvalue weighted by Gasteiger charge is -2.12. The van der Waals surface area contributed by atoms with Crippen LogP contribution in [0.4, 0.5) is 5.69 Å². The van der Waals surface area contributed by atoms with Gasteiger partial charge in [0.15, 0.2) is 12.3 Å². The number of amides is 1. The number of esters is 1. The van der Waals surface area contributed by atoms with E-state index in [0.29, 0.717) is 22.1 Å². The Balaban J connectivity index is 1.35.